The van der Waals surface area contributed by atoms with Crippen molar-refractivity contribution in [1.29, 1.82) is 0 Å². The summed E-state index contributed by atoms with van der Waals surface area (Å²) in [6, 6.07) is 20.1. The Bertz CT molecular complexity index is 1860. The molecule has 0 bridgehead atoms. The highest BCUT2D eigenvalue weighted by molar-refractivity contribution is 5.94. The van der Waals surface area contributed by atoms with Gasteiger partial charge in [0.2, 0.25) is 0 Å². The number of carbonyl (C=O) groups is 3. The first-order valence-corrected chi connectivity index (χ1v) is 18.7. The minimum absolute atomic E-state index is 0.123. The average molecular weight is 687 g/mol. The molecule has 0 amide bonds. The predicted octanol–water partition coefficient (Wildman–Crippen LogP) is 7.41. The average Bonchev–Trinajstić information content (AvgIpc) is 3.81. The number of benzene rings is 2. The Balaban J connectivity index is 1.28. The lowest BCUT2D eigenvalue weighted by Crippen LogP contribution is -2.65. The number of esters is 2. The Hall–Kier alpha value is -4.07. The van der Waals surface area contributed by atoms with Crippen molar-refractivity contribution in [3.63, 3.8) is 0 Å². The molecule has 7 fully saturated rings. The minimum Gasteiger partial charge on any atom is -0.458 e. The molecule has 0 N–H and O–H groups in total. The minimum atomic E-state index is -1.16. The van der Waals surface area contributed by atoms with Crippen LogP contribution in [-0.4, -0.2) is 41.1 Å². The molecule has 5 aliphatic carbocycles. The first-order chi connectivity index (χ1) is 24.6. The molecule has 2 aliphatic heterocycles. The number of fused-ring (bicyclic) bond motifs is 10. The molecular formula is C44H46O7. The van der Waals surface area contributed by atoms with Crippen LogP contribution < -0.4 is 0 Å². The fourth-order valence-corrected chi connectivity index (χ4v) is 12.2. The number of rotatable bonds is 6. The van der Waals surface area contributed by atoms with Crippen LogP contribution in [0.2, 0.25) is 0 Å². The van der Waals surface area contributed by atoms with Crippen LogP contribution in [0.5, 0.6) is 0 Å². The highest BCUT2D eigenvalue weighted by Gasteiger charge is 2.85. The molecular weight excluding hydrogens is 640 g/mol. The van der Waals surface area contributed by atoms with E-state index < -0.39 is 28.8 Å². The molecule has 5 saturated carbocycles. The van der Waals surface area contributed by atoms with E-state index in [-0.39, 0.29) is 59.8 Å². The molecule has 51 heavy (non-hydrogen) atoms. The molecule has 7 heteroatoms. The van der Waals surface area contributed by atoms with E-state index in [2.05, 4.69) is 26.3 Å². The van der Waals surface area contributed by atoms with E-state index in [1.807, 2.05) is 60.7 Å². The van der Waals surface area contributed by atoms with Gasteiger partial charge in [-0.1, -0.05) is 98.1 Å². The summed E-state index contributed by atoms with van der Waals surface area (Å²) >= 11 is 0. The topological polar surface area (TPSA) is 88.1 Å². The van der Waals surface area contributed by atoms with Gasteiger partial charge in [-0.2, -0.15) is 0 Å². The summed E-state index contributed by atoms with van der Waals surface area (Å²) in [5.41, 5.74) is 1.80. The van der Waals surface area contributed by atoms with Crippen LogP contribution in [0.3, 0.4) is 0 Å². The largest absolute Gasteiger partial charge is 0.458 e. The van der Waals surface area contributed by atoms with Gasteiger partial charge in [-0.25, -0.2) is 9.59 Å². The summed E-state index contributed by atoms with van der Waals surface area (Å²) in [5, 5.41) is 0. The molecule has 2 saturated heterocycles. The summed E-state index contributed by atoms with van der Waals surface area (Å²) < 4.78 is 27.7. The van der Waals surface area contributed by atoms with Crippen LogP contribution in [0.15, 0.2) is 109 Å². The number of ether oxygens (including phenoxy) is 4. The third-order valence-electron chi connectivity index (χ3n) is 14.4. The maximum atomic E-state index is 15.4. The molecule has 0 radical (unpaired) electrons. The molecule has 11 atom stereocenters. The van der Waals surface area contributed by atoms with Gasteiger partial charge in [0.25, 0.3) is 0 Å². The van der Waals surface area contributed by atoms with Crippen molar-refractivity contribution < 1.29 is 33.3 Å². The first kappa shape index (κ1) is 32.8. The van der Waals surface area contributed by atoms with Gasteiger partial charge in [0.1, 0.15) is 29.2 Å². The van der Waals surface area contributed by atoms with Crippen molar-refractivity contribution >= 4 is 17.7 Å². The molecule has 264 valence electrons. The van der Waals surface area contributed by atoms with Crippen LogP contribution in [0, 0.1) is 40.9 Å². The number of Topliss-reactive ketones (excluding diaryl/α,β-unsaturated/α-hetero) is 1. The highest BCUT2D eigenvalue weighted by atomic mass is 16.6. The van der Waals surface area contributed by atoms with Gasteiger partial charge in [-0.15, -0.1) is 0 Å². The zero-order valence-electron chi connectivity index (χ0n) is 29.1. The first-order valence-electron chi connectivity index (χ1n) is 18.7. The van der Waals surface area contributed by atoms with E-state index >= 15 is 4.79 Å². The number of hydrogen-bond acceptors (Lipinski definition) is 7. The van der Waals surface area contributed by atoms with Crippen molar-refractivity contribution in [3.05, 3.63) is 120 Å². The quantitative estimate of drug-likeness (QED) is 0.178. The SMILES string of the molecule is C=C1CC[C@H]2C(=C)C(=O)O[C@@H]2C2C1CC(=O)[C@]21CC[C@]2(OCc3ccccc3)[C@@H]3[C@H]4OC(=O)C(=C)[C@@H]4CCC(=C)[C@@H]3C[C@@]21OCc1ccccc1. The lowest BCUT2D eigenvalue weighted by molar-refractivity contribution is -0.252. The van der Waals surface area contributed by atoms with Gasteiger partial charge in [0, 0.05) is 41.2 Å². The van der Waals surface area contributed by atoms with Gasteiger partial charge in [0.15, 0.2) is 0 Å². The number of allylic oxidation sites excluding steroid dienone is 2. The van der Waals surface area contributed by atoms with E-state index in [0.717, 1.165) is 28.7 Å². The van der Waals surface area contributed by atoms with Crippen molar-refractivity contribution in [2.24, 2.45) is 40.9 Å². The van der Waals surface area contributed by atoms with Crippen molar-refractivity contribution in [3.8, 4) is 0 Å². The van der Waals surface area contributed by atoms with Crippen molar-refractivity contribution in [2.75, 3.05) is 0 Å². The van der Waals surface area contributed by atoms with E-state index in [9.17, 15) is 9.59 Å². The summed E-state index contributed by atoms with van der Waals surface area (Å²) in [5.74, 6) is -1.99. The Morgan fingerprint density at radius 1 is 0.647 bits per heavy atom. The van der Waals surface area contributed by atoms with Crippen LogP contribution in [0.1, 0.15) is 62.5 Å². The van der Waals surface area contributed by atoms with Gasteiger partial charge in [-0.05, 0) is 67.9 Å². The van der Waals surface area contributed by atoms with Gasteiger partial charge in [0.05, 0.1) is 18.6 Å². The summed E-state index contributed by atoms with van der Waals surface area (Å²) in [6.07, 6.45) is 3.67. The Labute approximate surface area is 299 Å². The normalized spacial score (nSPS) is 41.1. The standard InChI is InChI=1S/C44H46O7/c1-25-15-17-31-27(3)40(46)50-38(31)36-33(25)21-35(45)42(36)19-20-43(48-23-29-11-7-5-8-12-29)37-34(22-44(42,43)49-24-30-13-9-6-10-14-30)26(2)16-18-32-28(4)41(47)51-39(32)37/h5-14,31-34,36-39H,1-4,15-24H2/t31-,32-,33?,34-,36?,37-,38-,39-,42+,43-,44-/m0/s1. The van der Waals surface area contributed by atoms with E-state index in [1.165, 1.54) is 0 Å². The Morgan fingerprint density at radius 2 is 1.18 bits per heavy atom. The predicted molar refractivity (Wildman–Crippen MR) is 190 cm³/mol. The second-order valence-electron chi connectivity index (χ2n) is 16.2. The molecule has 9 rings (SSSR count). The Morgan fingerprint density at radius 3 is 1.76 bits per heavy atom. The highest BCUT2D eigenvalue weighted by Crippen LogP contribution is 2.76. The monoisotopic (exact) mass is 686 g/mol. The molecule has 7 nitrogen and oxygen atoms in total. The van der Waals surface area contributed by atoms with E-state index in [4.69, 9.17) is 18.9 Å². The van der Waals surface area contributed by atoms with Crippen molar-refractivity contribution in [1.82, 2.24) is 0 Å². The van der Waals surface area contributed by atoms with E-state index in [1.54, 1.807) is 0 Å². The summed E-state index contributed by atoms with van der Waals surface area (Å²) in [7, 11) is 0. The van der Waals surface area contributed by atoms with Crippen LogP contribution >= 0.6 is 0 Å². The van der Waals surface area contributed by atoms with Crippen LogP contribution in [0.25, 0.3) is 0 Å². The molecule has 2 aromatic rings. The smallest absolute Gasteiger partial charge is 0.334 e. The fraction of sp³-hybridized carbons (Fsp3) is 0.477. The molecule has 1 spiro atoms. The molecule has 0 aromatic heterocycles. The van der Waals surface area contributed by atoms with Gasteiger partial charge >= 0.3 is 11.9 Å². The molecule has 2 heterocycles. The fourth-order valence-electron chi connectivity index (χ4n) is 12.2. The van der Waals surface area contributed by atoms with Crippen LogP contribution in [-0.2, 0) is 46.5 Å². The zero-order chi connectivity index (χ0) is 35.3. The maximum Gasteiger partial charge on any atom is 0.334 e. The third-order valence-corrected chi connectivity index (χ3v) is 14.4. The lowest BCUT2D eigenvalue weighted by atomic mass is 9.59. The van der Waals surface area contributed by atoms with Gasteiger partial charge in [-0.3, -0.25) is 4.79 Å². The molecule has 2 unspecified atom stereocenters. The zero-order valence-corrected chi connectivity index (χ0v) is 29.1. The number of carbonyl (C=O) groups excluding carboxylic acids is 3. The van der Waals surface area contributed by atoms with E-state index in [0.29, 0.717) is 62.7 Å². The number of ketones is 1. The summed E-state index contributed by atoms with van der Waals surface area (Å²) in [6.45, 7) is 18.2. The van der Waals surface area contributed by atoms with Crippen LogP contribution in [0.4, 0.5) is 0 Å². The van der Waals surface area contributed by atoms with Gasteiger partial charge < -0.3 is 18.9 Å². The molecule has 7 aliphatic rings. The number of hydrogen-bond donors (Lipinski definition) is 0. The second-order valence-corrected chi connectivity index (χ2v) is 16.2. The molecule has 2 aromatic carbocycles. The lowest BCUT2D eigenvalue weighted by Gasteiger charge is -2.53. The maximum absolute atomic E-state index is 15.4. The van der Waals surface area contributed by atoms with Crippen molar-refractivity contribution in [2.45, 2.75) is 88.0 Å². The second kappa shape index (κ2) is 11.7. The third kappa shape index (κ3) is 4.40. The Kier molecular flexibility index (Phi) is 7.54. The summed E-state index contributed by atoms with van der Waals surface area (Å²) in [4.78, 5) is 41.9.